The van der Waals surface area contributed by atoms with Crippen molar-refractivity contribution in [2.75, 3.05) is 4.90 Å². The van der Waals surface area contributed by atoms with E-state index in [0.717, 1.165) is 17.1 Å². The second-order valence-corrected chi connectivity index (χ2v) is 14.7. The first-order valence-corrected chi connectivity index (χ1v) is 18.4. The Labute approximate surface area is 304 Å². The van der Waals surface area contributed by atoms with Crippen molar-refractivity contribution in [2.45, 2.75) is 19.3 Å². The second kappa shape index (κ2) is 12.7. The van der Waals surface area contributed by atoms with Crippen molar-refractivity contribution in [1.29, 1.82) is 0 Å². The Morgan fingerprint density at radius 1 is 0.392 bits per heavy atom. The summed E-state index contributed by atoms with van der Waals surface area (Å²) in [7, 11) is 0. The third kappa shape index (κ3) is 5.40. The van der Waals surface area contributed by atoms with E-state index in [1.807, 2.05) is 11.3 Å². The van der Waals surface area contributed by atoms with Gasteiger partial charge in [0.25, 0.3) is 0 Å². The number of hydrogen-bond acceptors (Lipinski definition) is 2. The lowest BCUT2D eigenvalue weighted by Crippen LogP contribution is -2.15. The Kier molecular flexibility index (Phi) is 7.75. The second-order valence-electron chi connectivity index (χ2n) is 13.7. The van der Waals surface area contributed by atoms with Gasteiger partial charge in [-0.1, -0.05) is 172 Å². The summed E-state index contributed by atoms with van der Waals surface area (Å²) in [4.78, 5) is 5.11. The minimum atomic E-state index is -0.0876. The highest BCUT2D eigenvalue weighted by Gasteiger charge is 2.40. The van der Waals surface area contributed by atoms with Crippen molar-refractivity contribution in [2.24, 2.45) is 0 Å². The molecule has 1 aromatic heterocycles. The standard InChI is InChI=1S/C49H37NS/c1-49(2)43-24-14-12-23-42(43)48-46(49)45(37-20-10-5-11-21-37)47(51-48)38-28-32-40(33-29-38)50(39-30-26-35(27-31-39)34-16-6-3-7-17-34)44-25-15-13-22-41(44)36-18-8-4-9-19-36/h3-33H,1-2H3. The summed E-state index contributed by atoms with van der Waals surface area (Å²) in [6, 6.07) is 68.1. The van der Waals surface area contributed by atoms with Crippen LogP contribution in [0.4, 0.5) is 17.1 Å². The predicted molar refractivity (Wildman–Crippen MR) is 218 cm³/mol. The number of para-hydroxylation sites is 1. The molecule has 8 aromatic rings. The van der Waals surface area contributed by atoms with Gasteiger partial charge in [-0.05, 0) is 74.8 Å². The fourth-order valence-electron chi connectivity index (χ4n) is 7.81. The Morgan fingerprint density at radius 3 is 1.49 bits per heavy atom. The first-order chi connectivity index (χ1) is 25.1. The first-order valence-electron chi connectivity index (χ1n) is 17.6. The van der Waals surface area contributed by atoms with Crippen LogP contribution in [0.15, 0.2) is 188 Å². The Hall–Kier alpha value is -5.96. The average molecular weight is 672 g/mol. The minimum absolute atomic E-state index is 0.0876. The van der Waals surface area contributed by atoms with Crippen molar-refractivity contribution >= 4 is 28.4 Å². The molecule has 1 nitrogen and oxygen atoms in total. The molecule has 0 fully saturated rings. The summed E-state index contributed by atoms with van der Waals surface area (Å²) in [5.41, 5.74) is 16.2. The van der Waals surface area contributed by atoms with Crippen molar-refractivity contribution < 1.29 is 0 Å². The third-order valence-corrected chi connectivity index (χ3v) is 11.6. The minimum Gasteiger partial charge on any atom is -0.310 e. The van der Waals surface area contributed by atoms with Gasteiger partial charge >= 0.3 is 0 Å². The molecule has 9 rings (SSSR count). The van der Waals surface area contributed by atoms with Gasteiger partial charge in [-0.2, -0.15) is 0 Å². The van der Waals surface area contributed by atoms with E-state index in [0.29, 0.717) is 0 Å². The van der Waals surface area contributed by atoms with Gasteiger partial charge in [0.05, 0.1) is 5.69 Å². The van der Waals surface area contributed by atoms with E-state index in [1.165, 1.54) is 65.4 Å². The molecule has 0 saturated heterocycles. The molecular formula is C49H37NS. The fraction of sp³-hybridized carbons (Fsp3) is 0.0612. The topological polar surface area (TPSA) is 3.24 Å². The van der Waals surface area contributed by atoms with Gasteiger partial charge in [-0.15, -0.1) is 11.3 Å². The lowest BCUT2D eigenvalue weighted by Gasteiger charge is -2.28. The molecule has 1 aliphatic rings. The van der Waals surface area contributed by atoms with Gasteiger partial charge in [0.15, 0.2) is 0 Å². The van der Waals surface area contributed by atoms with Gasteiger partial charge in [0, 0.05) is 37.7 Å². The first kappa shape index (κ1) is 31.1. The number of nitrogens with zero attached hydrogens (tertiary/aromatic N) is 1. The summed E-state index contributed by atoms with van der Waals surface area (Å²) in [5, 5.41) is 0. The number of fused-ring (bicyclic) bond motifs is 3. The van der Waals surface area contributed by atoms with Crippen LogP contribution in [0.3, 0.4) is 0 Å². The number of anilines is 3. The molecule has 0 amide bonds. The number of thiophene rings is 1. The van der Waals surface area contributed by atoms with Crippen LogP contribution in [-0.2, 0) is 5.41 Å². The lowest BCUT2D eigenvalue weighted by atomic mass is 9.79. The molecule has 0 radical (unpaired) electrons. The van der Waals surface area contributed by atoms with E-state index >= 15 is 0 Å². The maximum Gasteiger partial charge on any atom is 0.0540 e. The maximum atomic E-state index is 2.40. The summed E-state index contributed by atoms with van der Waals surface area (Å²) >= 11 is 1.93. The zero-order valence-electron chi connectivity index (χ0n) is 28.8. The predicted octanol–water partition coefficient (Wildman–Crippen LogP) is 14.2. The molecule has 7 aromatic carbocycles. The molecule has 0 N–H and O–H groups in total. The normalized spacial score (nSPS) is 12.7. The van der Waals surface area contributed by atoms with E-state index in [-0.39, 0.29) is 5.41 Å². The Morgan fingerprint density at radius 2 is 0.863 bits per heavy atom. The summed E-state index contributed by atoms with van der Waals surface area (Å²) in [6.07, 6.45) is 0. The average Bonchev–Trinajstić information content (AvgIpc) is 3.71. The molecule has 0 saturated carbocycles. The lowest BCUT2D eigenvalue weighted by molar-refractivity contribution is 0.663. The van der Waals surface area contributed by atoms with Crippen LogP contribution in [-0.4, -0.2) is 0 Å². The Balaban J connectivity index is 1.19. The third-order valence-electron chi connectivity index (χ3n) is 10.3. The van der Waals surface area contributed by atoms with Crippen LogP contribution in [0.1, 0.15) is 25.0 Å². The van der Waals surface area contributed by atoms with Gasteiger partial charge in [-0.25, -0.2) is 0 Å². The largest absolute Gasteiger partial charge is 0.310 e. The van der Waals surface area contributed by atoms with E-state index in [1.54, 1.807) is 0 Å². The van der Waals surface area contributed by atoms with Crippen LogP contribution in [0, 0.1) is 0 Å². The van der Waals surface area contributed by atoms with Crippen molar-refractivity contribution in [3.05, 3.63) is 199 Å². The summed E-state index contributed by atoms with van der Waals surface area (Å²) in [6.45, 7) is 4.77. The SMILES string of the molecule is CC1(C)c2ccccc2-c2sc(-c3ccc(N(c4ccc(-c5ccccc5)cc4)c4ccccc4-c4ccccc4)cc3)c(-c3ccccc3)c21. The van der Waals surface area contributed by atoms with Crippen molar-refractivity contribution in [1.82, 2.24) is 0 Å². The monoisotopic (exact) mass is 671 g/mol. The van der Waals surface area contributed by atoms with Crippen LogP contribution in [0.25, 0.3) is 54.3 Å². The highest BCUT2D eigenvalue weighted by Crippen LogP contribution is 2.59. The molecular weight excluding hydrogens is 635 g/mol. The highest BCUT2D eigenvalue weighted by molar-refractivity contribution is 7.20. The summed E-state index contributed by atoms with van der Waals surface area (Å²) in [5.74, 6) is 0. The van der Waals surface area contributed by atoms with Crippen molar-refractivity contribution in [3.63, 3.8) is 0 Å². The zero-order chi connectivity index (χ0) is 34.4. The maximum absolute atomic E-state index is 2.40. The number of benzene rings is 7. The van der Waals surface area contributed by atoms with Crippen LogP contribution < -0.4 is 4.90 Å². The summed E-state index contributed by atoms with van der Waals surface area (Å²) < 4.78 is 0. The Bertz CT molecular complexity index is 2460. The van der Waals surface area contributed by atoms with Gasteiger partial charge in [0.2, 0.25) is 0 Å². The molecule has 0 aliphatic heterocycles. The van der Waals surface area contributed by atoms with E-state index in [9.17, 15) is 0 Å². The van der Waals surface area contributed by atoms with Crippen LogP contribution in [0.2, 0.25) is 0 Å². The highest BCUT2D eigenvalue weighted by atomic mass is 32.1. The van der Waals surface area contributed by atoms with Crippen LogP contribution >= 0.6 is 11.3 Å². The number of hydrogen-bond donors (Lipinski definition) is 0. The molecule has 1 heterocycles. The smallest absolute Gasteiger partial charge is 0.0540 e. The molecule has 244 valence electrons. The fourth-order valence-corrected chi connectivity index (χ4v) is 9.34. The van der Waals surface area contributed by atoms with Crippen LogP contribution in [0.5, 0.6) is 0 Å². The van der Waals surface area contributed by atoms with E-state index in [4.69, 9.17) is 0 Å². The molecule has 1 aliphatic carbocycles. The molecule has 0 bridgehead atoms. The van der Waals surface area contributed by atoms with Crippen molar-refractivity contribution in [3.8, 4) is 54.3 Å². The zero-order valence-corrected chi connectivity index (χ0v) is 29.6. The molecule has 0 unspecified atom stereocenters. The van der Waals surface area contributed by atoms with Gasteiger partial charge in [0.1, 0.15) is 0 Å². The van der Waals surface area contributed by atoms with E-state index in [2.05, 4.69) is 207 Å². The number of rotatable bonds is 7. The molecule has 2 heteroatoms. The quantitative estimate of drug-likeness (QED) is 0.163. The van der Waals surface area contributed by atoms with E-state index < -0.39 is 0 Å². The van der Waals surface area contributed by atoms with Gasteiger partial charge < -0.3 is 4.90 Å². The molecule has 0 atom stereocenters. The molecule has 51 heavy (non-hydrogen) atoms. The van der Waals surface area contributed by atoms with Gasteiger partial charge in [-0.3, -0.25) is 0 Å². The molecule has 0 spiro atoms.